The molecule has 0 unspecified atom stereocenters. The van der Waals surface area contributed by atoms with Gasteiger partial charge in [0.05, 0.1) is 17.8 Å². The van der Waals surface area contributed by atoms with Crippen molar-refractivity contribution < 1.29 is 4.79 Å². The third kappa shape index (κ3) is 3.27. The molecule has 0 spiro atoms. The quantitative estimate of drug-likeness (QED) is 0.863. The van der Waals surface area contributed by atoms with Crippen LogP contribution < -0.4 is 0 Å². The maximum atomic E-state index is 12.5. The SMILES string of the molecule is CC(C)N(C)Cc1cnc2n1CCN(C(=O)c1cccnc1)C2. The van der Waals surface area contributed by atoms with Gasteiger partial charge in [-0.15, -0.1) is 0 Å². The molecule has 1 aliphatic heterocycles. The van der Waals surface area contributed by atoms with Crippen LogP contribution in [0.25, 0.3) is 0 Å². The molecule has 0 aromatic carbocycles. The minimum Gasteiger partial charge on any atom is -0.329 e. The highest BCUT2D eigenvalue weighted by Gasteiger charge is 2.24. The zero-order valence-corrected chi connectivity index (χ0v) is 13.9. The number of imidazole rings is 1. The molecule has 0 aliphatic carbocycles. The van der Waals surface area contributed by atoms with Gasteiger partial charge in [-0.1, -0.05) is 0 Å². The fourth-order valence-corrected chi connectivity index (χ4v) is 2.73. The molecule has 1 amide bonds. The zero-order valence-electron chi connectivity index (χ0n) is 13.9. The Bertz CT molecular complexity index is 680. The lowest BCUT2D eigenvalue weighted by atomic mass is 10.2. The van der Waals surface area contributed by atoms with E-state index in [9.17, 15) is 4.79 Å². The first-order valence-corrected chi connectivity index (χ1v) is 7.99. The van der Waals surface area contributed by atoms with Crippen molar-refractivity contribution in [1.29, 1.82) is 0 Å². The number of aromatic nitrogens is 3. The molecule has 2 aromatic heterocycles. The van der Waals surface area contributed by atoms with E-state index in [1.54, 1.807) is 24.5 Å². The largest absolute Gasteiger partial charge is 0.329 e. The van der Waals surface area contributed by atoms with Crippen molar-refractivity contribution >= 4 is 5.91 Å². The highest BCUT2D eigenvalue weighted by molar-refractivity contribution is 5.93. The van der Waals surface area contributed by atoms with Crippen LogP contribution in [0.15, 0.2) is 30.7 Å². The van der Waals surface area contributed by atoms with Crippen LogP contribution >= 0.6 is 0 Å². The molecule has 3 rings (SSSR count). The predicted octanol–water partition coefficient (Wildman–Crippen LogP) is 1.77. The molecular weight excluding hydrogens is 290 g/mol. The molecule has 0 saturated heterocycles. The Kier molecular flexibility index (Phi) is 4.43. The fraction of sp³-hybridized carbons (Fsp3) is 0.471. The third-order valence-corrected chi connectivity index (χ3v) is 4.44. The van der Waals surface area contributed by atoms with Crippen LogP contribution in [0.1, 0.15) is 35.7 Å². The lowest BCUT2D eigenvalue weighted by Crippen LogP contribution is -2.39. The topological polar surface area (TPSA) is 54.3 Å². The van der Waals surface area contributed by atoms with E-state index in [-0.39, 0.29) is 5.91 Å². The Morgan fingerprint density at radius 1 is 1.35 bits per heavy atom. The van der Waals surface area contributed by atoms with E-state index in [1.807, 2.05) is 11.1 Å². The molecule has 0 N–H and O–H groups in total. The molecule has 1 aliphatic rings. The number of rotatable bonds is 4. The standard InChI is InChI=1S/C17H23N5O/c1-13(2)20(3)11-15-10-19-16-12-21(7-8-22(15)16)17(23)14-5-4-6-18-9-14/h4-6,9-10,13H,7-8,11-12H2,1-3H3. The molecule has 2 aromatic rings. The number of nitrogens with zero attached hydrogens (tertiary/aromatic N) is 5. The molecule has 0 radical (unpaired) electrons. The number of hydrogen-bond acceptors (Lipinski definition) is 4. The van der Waals surface area contributed by atoms with Gasteiger partial charge in [-0.2, -0.15) is 0 Å². The van der Waals surface area contributed by atoms with Gasteiger partial charge in [0.25, 0.3) is 5.91 Å². The Labute approximate surface area is 136 Å². The predicted molar refractivity (Wildman–Crippen MR) is 87.8 cm³/mol. The van der Waals surface area contributed by atoms with Crippen molar-refractivity contribution in [3.05, 3.63) is 47.8 Å². The molecule has 0 saturated carbocycles. The number of fused-ring (bicyclic) bond motifs is 1. The van der Waals surface area contributed by atoms with Gasteiger partial charge in [0.1, 0.15) is 5.82 Å². The second-order valence-corrected chi connectivity index (χ2v) is 6.29. The highest BCUT2D eigenvalue weighted by Crippen LogP contribution is 2.18. The lowest BCUT2D eigenvalue weighted by Gasteiger charge is -2.29. The normalized spacial score (nSPS) is 14.4. The van der Waals surface area contributed by atoms with E-state index in [2.05, 4.69) is 40.3 Å². The molecule has 6 heteroatoms. The van der Waals surface area contributed by atoms with Gasteiger partial charge in [0.2, 0.25) is 0 Å². The average Bonchev–Trinajstić information content (AvgIpc) is 2.97. The number of carbonyl (C=O) groups is 1. The summed E-state index contributed by atoms with van der Waals surface area (Å²) < 4.78 is 2.24. The maximum absolute atomic E-state index is 12.5. The summed E-state index contributed by atoms with van der Waals surface area (Å²) in [5.74, 6) is 0.980. The number of pyridine rings is 1. The monoisotopic (exact) mass is 313 g/mol. The van der Waals surface area contributed by atoms with Crippen molar-refractivity contribution in [2.45, 2.75) is 39.5 Å². The third-order valence-electron chi connectivity index (χ3n) is 4.44. The smallest absolute Gasteiger partial charge is 0.255 e. The fourth-order valence-electron chi connectivity index (χ4n) is 2.73. The van der Waals surface area contributed by atoms with Gasteiger partial charge < -0.3 is 9.47 Å². The summed E-state index contributed by atoms with van der Waals surface area (Å²) in [6.45, 7) is 7.29. The summed E-state index contributed by atoms with van der Waals surface area (Å²) in [7, 11) is 2.12. The van der Waals surface area contributed by atoms with E-state index >= 15 is 0 Å². The van der Waals surface area contributed by atoms with Crippen LogP contribution in [0.2, 0.25) is 0 Å². The molecule has 3 heterocycles. The van der Waals surface area contributed by atoms with Crippen molar-refractivity contribution in [3.63, 3.8) is 0 Å². The Hall–Kier alpha value is -2.21. The van der Waals surface area contributed by atoms with Gasteiger partial charge in [-0.3, -0.25) is 14.7 Å². The Balaban J connectivity index is 1.73. The summed E-state index contributed by atoms with van der Waals surface area (Å²) >= 11 is 0. The highest BCUT2D eigenvalue weighted by atomic mass is 16.2. The molecule has 6 nitrogen and oxygen atoms in total. The lowest BCUT2D eigenvalue weighted by molar-refractivity contribution is 0.0705. The van der Waals surface area contributed by atoms with Crippen LogP contribution in [0.3, 0.4) is 0 Å². The first kappa shape index (κ1) is 15.7. The van der Waals surface area contributed by atoms with Crippen molar-refractivity contribution in [1.82, 2.24) is 24.3 Å². The summed E-state index contributed by atoms with van der Waals surface area (Å²) in [6.07, 6.45) is 5.23. The van der Waals surface area contributed by atoms with Crippen LogP contribution in [0, 0.1) is 0 Å². The van der Waals surface area contributed by atoms with Gasteiger partial charge in [-0.05, 0) is 33.0 Å². The van der Waals surface area contributed by atoms with Crippen LogP contribution in [-0.4, -0.2) is 49.9 Å². The van der Waals surface area contributed by atoms with Crippen molar-refractivity contribution in [2.75, 3.05) is 13.6 Å². The van der Waals surface area contributed by atoms with Crippen molar-refractivity contribution in [2.24, 2.45) is 0 Å². The second-order valence-electron chi connectivity index (χ2n) is 6.29. The van der Waals surface area contributed by atoms with E-state index in [0.29, 0.717) is 24.7 Å². The van der Waals surface area contributed by atoms with Crippen LogP contribution in [0.4, 0.5) is 0 Å². The minimum absolute atomic E-state index is 0.0215. The molecular formula is C17H23N5O. The molecule has 0 atom stereocenters. The number of hydrogen-bond donors (Lipinski definition) is 0. The van der Waals surface area contributed by atoms with Gasteiger partial charge >= 0.3 is 0 Å². The number of carbonyl (C=O) groups excluding carboxylic acids is 1. The van der Waals surface area contributed by atoms with Gasteiger partial charge in [0.15, 0.2) is 0 Å². The van der Waals surface area contributed by atoms with E-state index in [0.717, 1.165) is 18.9 Å². The molecule has 23 heavy (non-hydrogen) atoms. The molecule has 0 fully saturated rings. The van der Waals surface area contributed by atoms with E-state index in [4.69, 9.17) is 0 Å². The summed E-state index contributed by atoms with van der Waals surface area (Å²) in [5, 5.41) is 0. The Morgan fingerprint density at radius 3 is 2.87 bits per heavy atom. The summed E-state index contributed by atoms with van der Waals surface area (Å²) in [6, 6.07) is 4.09. The first-order valence-electron chi connectivity index (χ1n) is 7.99. The maximum Gasteiger partial charge on any atom is 0.255 e. The minimum atomic E-state index is 0.0215. The molecule has 122 valence electrons. The van der Waals surface area contributed by atoms with Crippen molar-refractivity contribution in [3.8, 4) is 0 Å². The summed E-state index contributed by atoms with van der Waals surface area (Å²) in [5.41, 5.74) is 1.84. The summed E-state index contributed by atoms with van der Waals surface area (Å²) in [4.78, 5) is 25.2. The zero-order chi connectivity index (χ0) is 16.4. The Morgan fingerprint density at radius 2 is 2.17 bits per heavy atom. The first-order chi connectivity index (χ1) is 11.1. The molecule has 0 bridgehead atoms. The van der Waals surface area contributed by atoms with E-state index < -0.39 is 0 Å². The average molecular weight is 313 g/mol. The number of amides is 1. The second kappa shape index (κ2) is 6.50. The van der Waals surface area contributed by atoms with Crippen LogP contribution in [0.5, 0.6) is 0 Å². The van der Waals surface area contributed by atoms with Crippen LogP contribution in [-0.2, 0) is 19.6 Å². The van der Waals surface area contributed by atoms with Gasteiger partial charge in [-0.25, -0.2) is 4.98 Å². The van der Waals surface area contributed by atoms with E-state index in [1.165, 1.54) is 5.69 Å². The van der Waals surface area contributed by atoms with Gasteiger partial charge in [0, 0.05) is 44.3 Å².